The molecule has 6 aliphatic heterocycles. The van der Waals surface area contributed by atoms with Crippen molar-refractivity contribution in [1.82, 2.24) is 102 Å². The highest BCUT2D eigenvalue weighted by Gasteiger charge is 2.57. The van der Waals surface area contributed by atoms with Gasteiger partial charge in [0.25, 0.3) is 16.7 Å². The lowest BCUT2D eigenvalue weighted by Crippen LogP contribution is -2.40. The Kier molecular flexibility index (Phi) is 31.3. The number of carbonyl (C=O) groups excluding carboxylic acids is 2. The summed E-state index contributed by atoms with van der Waals surface area (Å²) in [5.41, 5.74) is 12.7. The Hall–Kier alpha value is -12.1. The number of benzene rings is 2. The van der Waals surface area contributed by atoms with Crippen LogP contribution in [0, 0.1) is 20.8 Å². The maximum atomic E-state index is 13.6. The third-order valence-corrected chi connectivity index (χ3v) is 25.4. The quantitative estimate of drug-likeness (QED) is 0.0138. The third-order valence-electron chi connectivity index (χ3n) is 22.4. The SMILES string of the molecule is COC1[C@@H](O)[C@@H](COP(=O)(O)O[C@@H]2C(OC)[C@H](n3cnc4c(=O)[nH]c(C)nc43)O[C@@H]2CO)O[C@H]1n1cnc(N)nc1=O.COC1[C@@H](OP(=O)(O)OC[C@H]2O[C@@H](n3cnc4c(=O)[nH]c(C)nc43)C(OC)[C@H]2O)[C@@H](CO)O[C@H]1n1cnc(N)nc1=O.Cc1nc2c(ncn2[C@@H]2O[C@H](CO)[C@H](OP(=O)(O)OC[C@H]3O[C@@H](n4cnc(N)nc4=O)C(OC(=O)c4ccccc4)[C@H]3O)C2OC(=O)c2ccccc2)c(=O)[nH]1. The summed E-state index contributed by atoms with van der Waals surface area (Å²) < 4.78 is 146. The summed E-state index contributed by atoms with van der Waals surface area (Å²) in [5, 5.41) is 62.9. The second kappa shape index (κ2) is 42.8. The van der Waals surface area contributed by atoms with E-state index in [4.69, 9.17) is 101 Å². The number of rotatable bonds is 32. The average molecular weight is 2030 g/mol. The molecule has 15 heterocycles. The highest BCUT2D eigenvalue weighted by Crippen LogP contribution is 2.54. The number of hydrogen-bond donors (Lipinski definition) is 15. The van der Waals surface area contributed by atoms with Gasteiger partial charge in [-0.3, -0.25) is 68.9 Å². The molecule has 754 valence electrons. The maximum Gasteiger partial charge on any atom is 0.472 e. The van der Waals surface area contributed by atoms with E-state index in [-0.39, 0.29) is 68.3 Å². The number of aliphatic hydroxyl groups excluding tert-OH is 6. The summed E-state index contributed by atoms with van der Waals surface area (Å²) in [6.07, 6.45) is -25.1. The number of aryl methyl sites for hydroxylation is 3. The number of methoxy groups -OCH3 is 4. The highest BCUT2D eigenvalue weighted by molar-refractivity contribution is 7.48. The van der Waals surface area contributed by atoms with Gasteiger partial charge in [0.05, 0.1) is 69.8 Å². The van der Waals surface area contributed by atoms with E-state index in [9.17, 15) is 97.4 Å². The van der Waals surface area contributed by atoms with E-state index in [2.05, 4.69) is 74.8 Å². The van der Waals surface area contributed by atoms with E-state index in [1.54, 1.807) is 50.2 Å². The largest absolute Gasteiger partial charge is 0.472 e. The Labute approximate surface area is 781 Å². The summed E-state index contributed by atoms with van der Waals surface area (Å²) >= 11 is 0. The number of fused-ring (bicyclic) bond motifs is 3. The zero-order chi connectivity index (χ0) is 100. The summed E-state index contributed by atoms with van der Waals surface area (Å²) in [6, 6.07) is 15.5. The molecule has 18 N–H and O–H groups in total. The van der Waals surface area contributed by atoms with Crippen LogP contribution in [0.4, 0.5) is 17.8 Å². The predicted octanol–water partition coefficient (Wildman–Crippen LogP) is -5.55. The molecule has 6 aliphatic rings. The van der Waals surface area contributed by atoms with E-state index in [1.807, 2.05) is 0 Å². The fourth-order valence-electron chi connectivity index (χ4n) is 16.0. The minimum absolute atomic E-state index is 0.00725. The van der Waals surface area contributed by atoms with Crippen LogP contribution in [-0.2, 0) is 97.7 Å². The van der Waals surface area contributed by atoms with Crippen LogP contribution in [0.2, 0.25) is 0 Å². The Morgan fingerprint density at radius 2 is 0.621 bits per heavy atom. The zero-order valence-corrected chi connectivity index (χ0v) is 76.5. The normalized spacial score (nSPS) is 29.0. The van der Waals surface area contributed by atoms with Crippen LogP contribution in [0.1, 0.15) is 75.6 Å². The monoisotopic (exact) mass is 2030 g/mol. The van der Waals surface area contributed by atoms with Crippen LogP contribution < -0.4 is 50.9 Å². The number of nitrogens with one attached hydrogen (secondary N) is 3. The van der Waals surface area contributed by atoms with E-state index in [1.165, 1.54) is 92.3 Å². The number of aromatic amines is 3. The first kappa shape index (κ1) is 102. The number of imidazole rings is 3. The molecule has 11 aromatic rings. The summed E-state index contributed by atoms with van der Waals surface area (Å²) in [7, 11) is -10.0. The van der Waals surface area contributed by atoms with Crippen LogP contribution in [-0.4, -0.2) is 337 Å². The topological polar surface area (TPSA) is 846 Å². The number of phosphoric ester groups is 3. The molecule has 0 aliphatic carbocycles. The molecule has 6 saturated heterocycles. The first-order valence-electron chi connectivity index (χ1n) is 41.6. The third kappa shape index (κ3) is 21.7. The molecule has 2 aromatic carbocycles. The minimum atomic E-state index is -5.28. The Bertz CT molecular complexity index is 6840. The molecule has 65 heteroatoms. The van der Waals surface area contributed by atoms with Crippen molar-refractivity contribution >= 4 is 86.7 Å². The van der Waals surface area contributed by atoms with E-state index >= 15 is 0 Å². The number of aliphatic hydroxyl groups is 6. The number of nitrogen functional groups attached to an aromatic ring is 3. The summed E-state index contributed by atoms with van der Waals surface area (Å²) in [6.45, 7) is 0.327. The number of nitrogens with zero attached hydrogens (tertiary/aromatic N) is 18. The van der Waals surface area contributed by atoms with Crippen molar-refractivity contribution in [2.24, 2.45) is 0 Å². The van der Waals surface area contributed by atoms with E-state index in [0.717, 1.165) is 32.7 Å². The molecule has 0 amide bonds. The van der Waals surface area contributed by atoms with Gasteiger partial charge in [-0.15, -0.1) is 0 Å². The van der Waals surface area contributed by atoms with Crippen molar-refractivity contribution in [3.05, 3.63) is 190 Å². The molecule has 27 atom stereocenters. The number of carbonyl (C=O) groups is 2. The Morgan fingerprint density at radius 1 is 0.364 bits per heavy atom. The van der Waals surface area contributed by atoms with Gasteiger partial charge in [0.1, 0.15) is 134 Å². The van der Waals surface area contributed by atoms with Crippen molar-refractivity contribution in [2.45, 2.75) is 168 Å². The van der Waals surface area contributed by atoms with Crippen molar-refractivity contribution in [3.63, 3.8) is 0 Å². The van der Waals surface area contributed by atoms with Crippen LogP contribution >= 0.6 is 23.5 Å². The van der Waals surface area contributed by atoms with Gasteiger partial charge in [-0.2, -0.15) is 15.0 Å². The lowest BCUT2D eigenvalue weighted by atomic mass is 10.1. The fourth-order valence-corrected chi connectivity index (χ4v) is 18.8. The Balaban J connectivity index is 0.000000161. The number of hydrogen-bond acceptors (Lipinski definition) is 50. The molecule has 0 spiro atoms. The van der Waals surface area contributed by atoms with Gasteiger partial charge in [-0.25, -0.2) is 82.5 Å². The lowest BCUT2D eigenvalue weighted by molar-refractivity contribution is -0.0665. The van der Waals surface area contributed by atoms with Gasteiger partial charge in [-0.1, -0.05) is 36.4 Å². The molecule has 62 nitrogen and oxygen atoms in total. The highest BCUT2D eigenvalue weighted by atomic mass is 31.2. The minimum Gasteiger partial charge on any atom is -0.451 e. The molecule has 0 bridgehead atoms. The zero-order valence-electron chi connectivity index (χ0n) is 73.8. The second-order valence-electron chi connectivity index (χ2n) is 31.3. The number of aromatic nitrogens is 21. The standard InChI is InChI=1S/C33H33N8O14P.2C21H29N8O12P/c1-16-37-26-21(27(44)38-16)35-14-40(26)29-25(54-31(46)18-10-6-3-7-11-18)23(19(12-42)51-29)55-56(48,49)50-13-20-22(43)24(53-30(45)17-8-4-2-5-9-17)28(52-20)41-15-36-32(34)39-33(41)47;1-8-25-16-11(17(32)26-8)23-6-28(16)19-15(37-3)13(9(4-30)39-19)41-42(34,35)38-5-10-12(31)14(36-2)18(40-10)29-7-24-20(22)27-21(29)33;1-8-25-16-11(17(32)26-8)23-6-28(16)18-14(36-2)12(31)10(40-18)5-38-42(34,35)41-13-9(4-30)39-19(15(13)37-3)29-7-24-20(22)27-21(29)33/h2-11,14-15,19-20,22-25,28-29,42-43H,12-13H2,1H3,(H,48,49)(H2,34,39,47)(H,37,38,44);2*6-7,9-10,12-15,18-19,30-31H,4-5H2,1-3H3,(H,34,35)(H2,22,27,33)(H,25,26,32)/t19-,20-,22+,23+,24?,25?,28-,29-;2*9-,10-,12+,13+,14?,15?,18-,19-/m111/s1. The molecule has 9 aromatic heterocycles. The van der Waals surface area contributed by atoms with Crippen molar-refractivity contribution < 1.29 is 153 Å². The second-order valence-corrected chi connectivity index (χ2v) is 35.5. The molecule has 0 saturated carbocycles. The molecule has 6 fully saturated rings. The Morgan fingerprint density at radius 3 is 0.929 bits per heavy atom. The van der Waals surface area contributed by atoms with E-state index in [0.29, 0.717) is 11.6 Å². The number of ether oxygens (including phenoxy) is 12. The molecule has 0 radical (unpaired) electrons. The number of esters is 2. The van der Waals surface area contributed by atoms with Crippen LogP contribution in [0.3, 0.4) is 0 Å². The van der Waals surface area contributed by atoms with E-state index < -0.39 is 256 Å². The summed E-state index contributed by atoms with van der Waals surface area (Å²) in [4.78, 5) is 187. The van der Waals surface area contributed by atoms with Gasteiger partial charge in [-0.05, 0) is 45.0 Å². The molecule has 140 heavy (non-hydrogen) atoms. The van der Waals surface area contributed by atoms with Gasteiger partial charge >= 0.3 is 52.5 Å². The van der Waals surface area contributed by atoms with Gasteiger partial charge in [0, 0.05) is 28.4 Å². The number of phosphoric acid groups is 3. The predicted molar refractivity (Wildman–Crippen MR) is 460 cm³/mol. The fraction of sp³-hybridized carbons (Fsp3) is 0.493. The van der Waals surface area contributed by atoms with Crippen molar-refractivity contribution in [3.8, 4) is 0 Å². The maximum absolute atomic E-state index is 13.6. The molecular formula is C75H91N24O38P3. The number of nitrogens with two attached hydrogens (primary N) is 3. The lowest BCUT2D eigenvalue weighted by Gasteiger charge is -2.26. The number of H-pyrrole nitrogens is 3. The molecular weight excluding hydrogens is 1940 g/mol. The molecule has 9 unspecified atom stereocenters. The van der Waals surface area contributed by atoms with Crippen LogP contribution in [0.25, 0.3) is 33.5 Å². The van der Waals surface area contributed by atoms with Crippen LogP contribution in [0.15, 0.2) is 127 Å². The summed E-state index contributed by atoms with van der Waals surface area (Å²) in [5.74, 6) is -1.86. The average Bonchev–Trinajstić information content (AvgIpc) is 1.60. The van der Waals surface area contributed by atoms with Gasteiger partial charge in [0.15, 0.2) is 83.1 Å². The first-order valence-corrected chi connectivity index (χ1v) is 46.1. The van der Waals surface area contributed by atoms with Crippen LogP contribution in [0.5, 0.6) is 0 Å². The van der Waals surface area contributed by atoms with Crippen molar-refractivity contribution in [1.29, 1.82) is 0 Å². The smallest absolute Gasteiger partial charge is 0.451 e. The molecule has 17 rings (SSSR count). The van der Waals surface area contributed by atoms with Gasteiger partial charge < -0.3 is 134 Å². The van der Waals surface area contributed by atoms with Gasteiger partial charge in [0.2, 0.25) is 17.8 Å². The first-order chi connectivity index (χ1) is 66.8. The number of anilines is 3. The van der Waals surface area contributed by atoms with Crippen molar-refractivity contribution in [2.75, 3.05) is 85.3 Å².